The van der Waals surface area contributed by atoms with E-state index < -0.39 is 5.82 Å². The monoisotopic (exact) mass is 292 g/mol. The van der Waals surface area contributed by atoms with Crippen molar-refractivity contribution in [2.24, 2.45) is 0 Å². The van der Waals surface area contributed by atoms with Crippen LogP contribution in [0.25, 0.3) is 0 Å². The van der Waals surface area contributed by atoms with E-state index in [4.69, 9.17) is 11.6 Å². The highest BCUT2D eigenvalue weighted by Crippen LogP contribution is 2.18. The van der Waals surface area contributed by atoms with Gasteiger partial charge in [-0.1, -0.05) is 11.6 Å². The van der Waals surface area contributed by atoms with Crippen LogP contribution in [0.15, 0.2) is 18.2 Å². The molecule has 2 rings (SSSR count). The highest BCUT2D eigenvalue weighted by Gasteiger charge is 2.25. The molecule has 1 saturated heterocycles. The maximum atomic E-state index is 13.5. The molecule has 1 aromatic rings. The van der Waals surface area contributed by atoms with Gasteiger partial charge in [-0.3, -0.25) is 4.79 Å². The van der Waals surface area contributed by atoms with E-state index in [0.29, 0.717) is 5.02 Å². The van der Waals surface area contributed by atoms with Gasteiger partial charge in [0, 0.05) is 24.7 Å². The van der Waals surface area contributed by atoms with Crippen LogP contribution in [0.1, 0.15) is 16.8 Å². The summed E-state index contributed by atoms with van der Waals surface area (Å²) in [7, 11) is 1.69. The molecule has 100 valence electrons. The lowest BCUT2D eigenvalue weighted by atomic mass is 10.1. The second-order valence-electron chi connectivity index (χ2n) is 4.19. The second kappa shape index (κ2) is 6.36. The van der Waals surface area contributed by atoms with Gasteiger partial charge in [0.1, 0.15) is 5.82 Å². The van der Waals surface area contributed by atoms with Crippen LogP contribution in [-0.2, 0) is 0 Å². The predicted octanol–water partition coefficient (Wildman–Crippen LogP) is 2.33. The van der Waals surface area contributed by atoms with Gasteiger partial charge in [0.15, 0.2) is 0 Å². The highest BCUT2D eigenvalue weighted by molar-refractivity contribution is 6.31. The van der Waals surface area contributed by atoms with E-state index in [1.807, 2.05) is 0 Å². The molecule has 0 radical (unpaired) electrons. The molecule has 1 aromatic carbocycles. The van der Waals surface area contributed by atoms with Crippen LogP contribution in [0, 0.1) is 5.82 Å². The number of carbonyl (C=O) groups excluding carboxylic acids is 1. The first kappa shape index (κ1) is 15.2. The van der Waals surface area contributed by atoms with Crippen molar-refractivity contribution in [2.75, 3.05) is 20.1 Å². The van der Waals surface area contributed by atoms with Crippen molar-refractivity contribution >= 4 is 29.9 Å². The van der Waals surface area contributed by atoms with E-state index in [-0.39, 0.29) is 29.9 Å². The van der Waals surface area contributed by atoms with Crippen LogP contribution in [0.3, 0.4) is 0 Å². The Morgan fingerprint density at radius 1 is 1.56 bits per heavy atom. The van der Waals surface area contributed by atoms with Crippen molar-refractivity contribution < 1.29 is 9.18 Å². The summed E-state index contributed by atoms with van der Waals surface area (Å²) in [6.45, 7) is 1.64. The topological polar surface area (TPSA) is 32.3 Å². The van der Waals surface area contributed by atoms with Crippen molar-refractivity contribution in [3.05, 3.63) is 34.6 Å². The summed E-state index contributed by atoms with van der Waals surface area (Å²) >= 11 is 5.78. The van der Waals surface area contributed by atoms with Crippen LogP contribution in [0.5, 0.6) is 0 Å². The summed E-state index contributed by atoms with van der Waals surface area (Å²) in [5, 5.41) is 3.54. The molecule has 1 aliphatic heterocycles. The number of nitrogens with one attached hydrogen (secondary N) is 1. The van der Waals surface area contributed by atoms with Gasteiger partial charge in [-0.2, -0.15) is 0 Å². The SMILES string of the molecule is CN(C(=O)c1cc(Cl)ccc1F)C1CCNC1.Cl. The average molecular weight is 293 g/mol. The summed E-state index contributed by atoms with van der Waals surface area (Å²) in [4.78, 5) is 13.7. The largest absolute Gasteiger partial charge is 0.337 e. The molecular weight excluding hydrogens is 278 g/mol. The number of amides is 1. The minimum Gasteiger partial charge on any atom is -0.337 e. The lowest BCUT2D eigenvalue weighted by Crippen LogP contribution is -2.38. The van der Waals surface area contributed by atoms with E-state index in [2.05, 4.69) is 5.32 Å². The summed E-state index contributed by atoms with van der Waals surface area (Å²) in [5.74, 6) is -0.851. The van der Waals surface area contributed by atoms with Crippen LogP contribution in [0.4, 0.5) is 4.39 Å². The zero-order chi connectivity index (χ0) is 12.4. The van der Waals surface area contributed by atoms with Crippen molar-refractivity contribution in [1.29, 1.82) is 0 Å². The van der Waals surface area contributed by atoms with E-state index >= 15 is 0 Å². The van der Waals surface area contributed by atoms with E-state index in [1.54, 1.807) is 11.9 Å². The fourth-order valence-corrected chi connectivity index (χ4v) is 2.16. The Kier molecular flexibility index (Phi) is 5.38. The van der Waals surface area contributed by atoms with Crippen LogP contribution in [0.2, 0.25) is 5.02 Å². The number of hydrogen-bond donors (Lipinski definition) is 1. The number of likely N-dealkylation sites (N-methyl/N-ethyl adjacent to an activating group) is 1. The molecular formula is C12H15Cl2FN2O. The zero-order valence-corrected chi connectivity index (χ0v) is 11.5. The molecule has 0 aliphatic carbocycles. The molecule has 1 unspecified atom stereocenters. The standard InChI is InChI=1S/C12H14ClFN2O.ClH/c1-16(9-4-5-15-7-9)12(17)10-6-8(13)2-3-11(10)14;/h2-3,6,9,15H,4-5,7H2,1H3;1H. The van der Waals surface area contributed by atoms with E-state index in [0.717, 1.165) is 19.5 Å². The Morgan fingerprint density at radius 2 is 2.28 bits per heavy atom. The number of hydrogen-bond acceptors (Lipinski definition) is 2. The lowest BCUT2D eigenvalue weighted by Gasteiger charge is -2.24. The molecule has 1 heterocycles. The molecule has 1 atom stereocenters. The molecule has 0 aromatic heterocycles. The Bertz CT molecular complexity index is 436. The van der Waals surface area contributed by atoms with Crippen LogP contribution in [-0.4, -0.2) is 37.0 Å². The van der Waals surface area contributed by atoms with Gasteiger partial charge in [0.05, 0.1) is 5.56 Å². The van der Waals surface area contributed by atoms with Gasteiger partial charge >= 0.3 is 0 Å². The number of carbonyl (C=O) groups is 1. The number of nitrogens with zero attached hydrogens (tertiary/aromatic N) is 1. The fraction of sp³-hybridized carbons (Fsp3) is 0.417. The normalized spacial score (nSPS) is 18.3. The molecule has 3 nitrogen and oxygen atoms in total. The maximum absolute atomic E-state index is 13.5. The number of halogens is 3. The molecule has 0 spiro atoms. The first-order chi connectivity index (χ1) is 8.09. The molecule has 18 heavy (non-hydrogen) atoms. The molecule has 1 aliphatic rings. The minimum absolute atomic E-state index is 0. The van der Waals surface area contributed by atoms with Crippen molar-refractivity contribution in [3.8, 4) is 0 Å². The Morgan fingerprint density at radius 3 is 2.89 bits per heavy atom. The molecule has 1 N–H and O–H groups in total. The van der Waals surface area contributed by atoms with Gasteiger partial charge < -0.3 is 10.2 Å². The van der Waals surface area contributed by atoms with Crippen molar-refractivity contribution in [3.63, 3.8) is 0 Å². The first-order valence-electron chi connectivity index (χ1n) is 5.52. The van der Waals surface area contributed by atoms with Gasteiger partial charge in [-0.15, -0.1) is 12.4 Å². The summed E-state index contributed by atoms with van der Waals surface area (Å²) in [6.07, 6.45) is 0.893. The molecule has 0 saturated carbocycles. The van der Waals surface area contributed by atoms with E-state index in [9.17, 15) is 9.18 Å². The Hall–Kier alpha value is -0.840. The predicted molar refractivity (Wildman–Crippen MR) is 72.0 cm³/mol. The average Bonchev–Trinajstić information content (AvgIpc) is 2.84. The first-order valence-corrected chi connectivity index (χ1v) is 5.90. The summed E-state index contributed by atoms with van der Waals surface area (Å²) < 4.78 is 13.5. The maximum Gasteiger partial charge on any atom is 0.256 e. The zero-order valence-electron chi connectivity index (χ0n) is 9.95. The van der Waals surface area contributed by atoms with Gasteiger partial charge in [-0.05, 0) is 31.2 Å². The number of benzene rings is 1. The third-order valence-corrected chi connectivity index (χ3v) is 3.30. The lowest BCUT2D eigenvalue weighted by molar-refractivity contribution is 0.0739. The molecule has 1 amide bonds. The second-order valence-corrected chi connectivity index (χ2v) is 4.62. The van der Waals surface area contributed by atoms with E-state index in [1.165, 1.54) is 18.2 Å². The molecule has 6 heteroatoms. The molecule has 0 bridgehead atoms. The quantitative estimate of drug-likeness (QED) is 0.907. The van der Waals surface area contributed by atoms with Crippen molar-refractivity contribution in [1.82, 2.24) is 10.2 Å². The summed E-state index contributed by atoms with van der Waals surface area (Å²) in [6, 6.07) is 4.15. The van der Waals surface area contributed by atoms with Gasteiger partial charge in [-0.25, -0.2) is 4.39 Å². The highest BCUT2D eigenvalue weighted by atomic mass is 35.5. The third-order valence-electron chi connectivity index (χ3n) is 3.06. The summed E-state index contributed by atoms with van der Waals surface area (Å²) in [5.41, 5.74) is 0.0342. The smallest absolute Gasteiger partial charge is 0.256 e. The number of rotatable bonds is 2. The fourth-order valence-electron chi connectivity index (χ4n) is 1.99. The van der Waals surface area contributed by atoms with Crippen molar-refractivity contribution in [2.45, 2.75) is 12.5 Å². The van der Waals surface area contributed by atoms with Gasteiger partial charge in [0.25, 0.3) is 5.91 Å². The van der Waals surface area contributed by atoms with Crippen LogP contribution < -0.4 is 5.32 Å². The minimum atomic E-state index is -0.530. The Balaban J connectivity index is 0.00000162. The Labute approximate surface area is 117 Å². The van der Waals surface area contributed by atoms with Gasteiger partial charge in [0.2, 0.25) is 0 Å². The molecule has 1 fully saturated rings. The van der Waals surface area contributed by atoms with Crippen LogP contribution >= 0.6 is 24.0 Å². The third kappa shape index (κ3) is 3.13.